The minimum absolute atomic E-state index is 0.0886. The van der Waals surface area contributed by atoms with Crippen LogP contribution in [-0.4, -0.2) is 29.1 Å². The van der Waals surface area contributed by atoms with Gasteiger partial charge >= 0.3 is 0 Å². The van der Waals surface area contributed by atoms with E-state index in [1.807, 2.05) is 6.92 Å². The van der Waals surface area contributed by atoms with Crippen molar-refractivity contribution in [1.29, 1.82) is 0 Å². The Morgan fingerprint density at radius 2 is 1.74 bits per heavy atom. The monoisotopic (exact) mass is 373 g/mol. The molecule has 1 aromatic heterocycles. The van der Waals surface area contributed by atoms with Gasteiger partial charge in [-0.1, -0.05) is 23.8 Å². The van der Waals surface area contributed by atoms with Gasteiger partial charge in [0.15, 0.2) is 9.84 Å². The van der Waals surface area contributed by atoms with Crippen LogP contribution in [0.1, 0.15) is 22.6 Å². The molecule has 1 atom stereocenters. The quantitative estimate of drug-likeness (QED) is 0.809. The van der Waals surface area contributed by atoms with Crippen molar-refractivity contribution < 1.29 is 16.8 Å². The number of aryl methyl sites for hydroxylation is 1. The largest absolute Gasteiger partial charge is 0.223 e. The van der Waals surface area contributed by atoms with Crippen molar-refractivity contribution in [2.75, 3.05) is 12.3 Å². The number of sulfonamides is 1. The van der Waals surface area contributed by atoms with Crippen LogP contribution in [0.15, 0.2) is 46.7 Å². The third kappa shape index (κ3) is 4.41. The molecule has 5 nitrogen and oxygen atoms in total. The van der Waals surface area contributed by atoms with E-state index in [1.54, 1.807) is 41.8 Å². The Labute approximate surface area is 141 Å². The van der Waals surface area contributed by atoms with Crippen LogP contribution in [0.25, 0.3) is 0 Å². The number of benzene rings is 1. The van der Waals surface area contributed by atoms with Gasteiger partial charge in [-0.25, -0.2) is 21.6 Å². The highest BCUT2D eigenvalue weighted by atomic mass is 32.2. The summed E-state index contributed by atoms with van der Waals surface area (Å²) in [6.45, 7) is 3.21. The van der Waals surface area contributed by atoms with E-state index in [0.29, 0.717) is 4.88 Å². The highest BCUT2D eigenvalue weighted by Crippen LogP contribution is 2.31. The predicted octanol–water partition coefficient (Wildman–Crippen LogP) is 2.51. The number of rotatable bonds is 7. The van der Waals surface area contributed by atoms with Gasteiger partial charge in [0, 0.05) is 11.4 Å². The van der Waals surface area contributed by atoms with Gasteiger partial charge in [-0.15, -0.1) is 11.3 Å². The second kappa shape index (κ2) is 7.12. The Morgan fingerprint density at radius 1 is 1.09 bits per heavy atom. The number of thiophene rings is 1. The summed E-state index contributed by atoms with van der Waals surface area (Å²) in [4.78, 5) is 0.807. The lowest BCUT2D eigenvalue weighted by atomic mass is 10.2. The SMILES string of the molecule is CCS(=O)(=O)NC[C@@H](c1cccs1)S(=O)(=O)c1ccc(C)cc1. The molecule has 0 fully saturated rings. The molecule has 8 heteroatoms. The molecule has 2 aromatic rings. The second-order valence-corrected chi connectivity index (χ2v) is 10.3. The average Bonchev–Trinajstić information content (AvgIpc) is 3.01. The lowest BCUT2D eigenvalue weighted by Crippen LogP contribution is -2.32. The summed E-state index contributed by atoms with van der Waals surface area (Å²) in [5, 5.41) is 0.841. The van der Waals surface area contributed by atoms with E-state index in [9.17, 15) is 16.8 Å². The van der Waals surface area contributed by atoms with Crippen molar-refractivity contribution in [3.8, 4) is 0 Å². The minimum Gasteiger partial charge on any atom is -0.223 e. The molecule has 1 N–H and O–H groups in total. The van der Waals surface area contributed by atoms with E-state index in [-0.39, 0.29) is 17.2 Å². The molecule has 0 bridgehead atoms. The van der Waals surface area contributed by atoms with Crippen LogP contribution in [0.3, 0.4) is 0 Å². The number of nitrogens with one attached hydrogen (secondary N) is 1. The highest BCUT2D eigenvalue weighted by molar-refractivity contribution is 7.92. The summed E-state index contributed by atoms with van der Waals surface area (Å²) in [7, 11) is -7.15. The lowest BCUT2D eigenvalue weighted by molar-refractivity contribution is 0.570. The van der Waals surface area contributed by atoms with E-state index < -0.39 is 25.1 Å². The van der Waals surface area contributed by atoms with Crippen LogP contribution in [0.4, 0.5) is 0 Å². The molecule has 126 valence electrons. The third-order valence-corrected chi connectivity index (χ3v) is 8.05. The topological polar surface area (TPSA) is 80.3 Å². The summed E-state index contributed by atoms with van der Waals surface area (Å²) in [5.74, 6) is -0.0886. The van der Waals surface area contributed by atoms with Crippen LogP contribution in [0, 0.1) is 6.92 Å². The van der Waals surface area contributed by atoms with Gasteiger partial charge in [-0.3, -0.25) is 0 Å². The van der Waals surface area contributed by atoms with Gasteiger partial charge in [0.2, 0.25) is 10.0 Å². The molecule has 0 aliphatic carbocycles. The maximum atomic E-state index is 12.9. The predicted molar refractivity (Wildman–Crippen MR) is 92.9 cm³/mol. The molecule has 0 spiro atoms. The molecule has 0 unspecified atom stereocenters. The zero-order valence-corrected chi connectivity index (χ0v) is 15.3. The molecule has 0 amide bonds. The fourth-order valence-corrected chi connectivity index (χ4v) is 5.55. The summed E-state index contributed by atoms with van der Waals surface area (Å²) < 4.78 is 51.6. The summed E-state index contributed by atoms with van der Waals surface area (Å²) in [5.41, 5.74) is 0.961. The van der Waals surface area contributed by atoms with E-state index in [0.717, 1.165) is 5.56 Å². The van der Waals surface area contributed by atoms with Crippen molar-refractivity contribution in [3.63, 3.8) is 0 Å². The second-order valence-electron chi connectivity index (χ2n) is 5.11. The van der Waals surface area contributed by atoms with Gasteiger partial charge < -0.3 is 0 Å². The normalized spacial score (nSPS) is 13.8. The van der Waals surface area contributed by atoms with Crippen molar-refractivity contribution in [3.05, 3.63) is 52.2 Å². The highest BCUT2D eigenvalue weighted by Gasteiger charge is 2.30. The number of sulfone groups is 1. The molecule has 2 rings (SSSR count). The van der Waals surface area contributed by atoms with Gasteiger partial charge in [0.1, 0.15) is 5.25 Å². The zero-order valence-electron chi connectivity index (χ0n) is 12.9. The van der Waals surface area contributed by atoms with Crippen LogP contribution in [0.5, 0.6) is 0 Å². The molecular weight excluding hydrogens is 354 g/mol. The van der Waals surface area contributed by atoms with Crippen molar-refractivity contribution in [2.24, 2.45) is 0 Å². The van der Waals surface area contributed by atoms with E-state index in [4.69, 9.17) is 0 Å². The molecule has 0 aliphatic rings. The lowest BCUT2D eigenvalue weighted by Gasteiger charge is -2.17. The van der Waals surface area contributed by atoms with Crippen molar-refractivity contribution >= 4 is 31.2 Å². The fraction of sp³-hybridized carbons (Fsp3) is 0.333. The Bertz CT molecular complexity index is 839. The molecule has 1 heterocycles. The van der Waals surface area contributed by atoms with Gasteiger partial charge in [0.25, 0.3) is 0 Å². The molecule has 0 radical (unpaired) electrons. The maximum absolute atomic E-state index is 12.9. The van der Waals surface area contributed by atoms with Crippen LogP contribution < -0.4 is 4.72 Å². The van der Waals surface area contributed by atoms with Crippen LogP contribution in [-0.2, 0) is 19.9 Å². The first kappa shape index (κ1) is 18.1. The van der Waals surface area contributed by atoms with Crippen molar-refractivity contribution in [1.82, 2.24) is 4.72 Å². The molecule has 1 aromatic carbocycles. The standard InChI is InChI=1S/C15H19NO4S3/c1-3-22(17,18)16-11-15(14-5-4-10-21-14)23(19,20)13-8-6-12(2)7-9-13/h4-10,15-16H,3,11H2,1-2H3/t15-/m0/s1. The zero-order chi connectivity index (χ0) is 17.1. The Morgan fingerprint density at radius 3 is 2.26 bits per heavy atom. The number of hydrogen-bond acceptors (Lipinski definition) is 5. The molecule has 0 aliphatic heterocycles. The molecule has 0 saturated carbocycles. The summed E-state index contributed by atoms with van der Waals surface area (Å²) >= 11 is 1.30. The fourth-order valence-electron chi connectivity index (χ4n) is 2.03. The van der Waals surface area contributed by atoms with Crippen LogP contribution >= 0.6 is 11.3 Å². The first-order valence-electron chi connectivity index (χ1n) is 7.07. The first-order valence-corrected chi connectivity index (χ1v) is 11.2. The summed E-state index contributed by atoms with van der Waals surface area (Å²) in [6.07, 6.45) is 0. The Hall–Kier alpha value is -1.22. The Balaban J connectivity index is 2.39. The average molecular weight is 374 g/mol. The third-order valence-electron chi connectivity index (χ3n) is 3.45. The molecular formula is C15H19NO4S3. The van der Waals surface area contributed by atoms with Gasteiger partial charge in [0.05, 0.1) is 10.6 Å². The molecule has 0 saturated heterocycles. The Kier molecular flexibility index (Phi) is 5.61. The first-order chi connectivity index (χ1) is 10.8. The van der Waals surface area contributed by atoms with E-state index in [2.05, 4.69) is 4.72 Å². The minimum atomic E-state index is -3.69. The van der Waals surface area contributed by atoms with Crippen LogP contribution in [0.2, 0.25) is 0 Å². The maximum Gasteiger partial charge on any atom is 0.211 e. The van der Waals surface area contributed by atoms with Crippen molar-refractivity contribution in [2.45, 2.75) is 24.0 Å². The number of hydrogen-bond donors (Lipinski definition) is 1. The smallest absolute Gasteiger partial charge is 0.211 e. The van der Waals surface area contributed by atoms with E-state index >= 15 is 0 Å². The van der Waals surface area contributed by atoms with Gasteiger partial charge in [-0.2, -0.15) is 0 Å². The summed E-state index contributed by atoms with van der Waals surface area (Å²) in [6, 6.07) is 10.0. The van der Waals surface area contributed by atoms with Gasteiger partial charge in [-0.05, 0) is 37.4 Å². The molecule has 23 heavy (non-hydrogen) atoms. The van der Waals surface area contributed by atoms with E-state index in [1.165, 1.54) is 18.3 Å².